The molecule has 1 N–H and O–H groups in total. The van der Waals surface area contributed by atoms with Crippen molar-refractivity contribution in [3.8, 4) is 0 Å². The Labute approximate surface area is 148 Å². The summed E-state index contributed by atoms with van der Waals surface area (Å²) >= 11 is 1.83. The van der Waals surface area contributed by atoms with Gasteiger partial charge in [0.1, 0.15) is 0 Å². The van der Waals surface area contributed by atoms with Gasteiger partial charge in [-0.05, 0) is 42.3 Å². The minimum Gasteiger partial charge on any atom is -0.348 e. The van der Waals surface area contributed by atoms with E-state index in [-0.39, 0.29) is 18.0 Å². The highest BCUT2D eigenvalue weighted by Gasteiger charge is 2.27. The average molecular weight is 343 g/mol. The molecule has 1 aliphatic heterocycles. The Hall–Kier alpha value is -1.65. The van der Waals surface area contributed by atoms with Gasteiger partial charge in [0.05, 0.1) is 12.1 Å². The molecule has 3 nitrogen and oxygen atoms in total. The Balaban J connectivity index is 1.64. The summed E-state index contributed by atoms with van der Waals surface area (Å²) in [5, 5.41) is 5.43. The topological polar surface area (TPSA) is 32.3 Å². The van der Waals surface area contributed by atoms with Crippen LogP contribution in [0.4, 0.5) is 0 Å². The molecule has 3 rings (SSSR count). The quantitative estimate of drug-likeness (QED) is 0.855. The molecule has 2 aromatic rings. The maximum Gasteiger partial charge on any atom is 0.237 e. The molecule has 1 aromatic carbocycles. The molecule has 1 amide bonds. The SMILES string of the molecule is CCC[C@@H](NC(=O)[C@H](C)N1CCc2sccc2C1)c1ccccc1. The van der Waals surface area contributed by atoms with E-state index in [0.29, 0.717) is 0 Å². The second kappa shape index (κ2) is 7.95. The third-order valence-corrected chi connectivity index (χ3v) is 5.88. The standard InChI is InChI=1S/C20H26N2OS/c1-3-7-18(16-8-5-4-6-9-16)21-20(23)15(2)22-12-10-19-17(14-22)11-13-24-19/h4-6,8-9,11,13,15,18H,3,7,10,12,14H2,1-2H3,(H,21,23)/t15-,18+/m0/s1. The molecule has 1 aromatic heterocycles. The molecule has 1 aliphatic rings. The number of nitrogens with zero attached hydrogens (tertiary/aromatic N) is 1. The molecular weight excluding hydrogens is 316 g/mol. The minimum absolute atomic E-state index is 0.0962. The number of amides is 1. The van der Waals surface area contributed by atoms with Gasteiger partial charge in [0.15, 0.2) is 0 Å². The molecular formula is C20H26N2OS. The number of thiophene rings is 1. The van der Waals surface area contributed by atoms with Crippen LogP contribution in [0.2, 0.25) is 0 Å². The Morgan fingerprint density at radius 1 is 1.29 bits per heavy atom. The molecule has 2 atom stereocenters. The second-order valence-corrected chi connectivity index (χ2v) is 7.53. The zero-order valence-electron chi connectivity index (χ0n) is 14.5. The number of hydrogen-bond acceptors (Lipinski definition) is 3. The molecule has 0 fully saturated rings. The predicted molar refractivity (Wildman–Crippen MR) is 100 cm³/mol. The fourth-order valence-electron chi connectivity index (χ4n) is 3.36. The van der Waals surface area contributed by atoms with Gasteiger partial charge in [0.2, 0.25) is 5.91 Å². The summed E-state index contributed by atoms with van der Waals surface area (Å²) in [4.78, 5) is 16.6. The van der Waals surface area contributed by atoms with E-state index in [9.17, 15) is 4.79 Å². The first-order valence-electron chi connectivity index (χ1n) is 8.83. The lowest BCUT2D eigenvalue weighted by Gasteiger charge is -2.32. The highest BCUT2D eigenvalue weighted by Crippen LogP contribution is 2.25. The van der Waals surface area contributed by atoms with Crippen LogP contribution in [0.3, 0.4) is 0 Å². The molecule has 2 heterocycles. The van der Waals surface area contributed by atoms with E-state index in [1.807, 2.05) is 36.5 Å². The van der Waals surface area contributed by atoms with Gasteiger partial charge in [0.25, 0.3) is 0 Å². The average Bonchev–Trinajstić information content (AvgIpc) is 3.09. The molecule has 0 saturated heterocycles. The van der Waals surface area contributed by atoms with Gasteiger partial charge in [-0.3, -0.25) is 9.69 Å². The number of carbonyl (C=O) groups is 1. The van der Waals surface area contributed by atoms with Crippen molar-refractivity contribution in [2.45, 2.75) is 51.7 Å². The largest absolute Gasteiger partial charge is 0.348 e. The molecule has 0 bridgehead atoms. The van der Waals surface area contributed by atoms with Gasteiger partial charge < -0.3 is 5.32 Å². The number of rotatable bonds is 6. The van der Waals surface area contributed by atoms with Crippen LogP contribution < -0.4 is 5.32 Å². The van der Waals surface area contributed by atoms with Crippen LogP contribution in [0.1, 0.15) is 48.7 Å². The Morgan fingerprint density at radius 3 is 2.83 bits per heavy atom. The summed E-state index contributed by atoms with van der Waals surface area (Å²) in [6.07, 6.45) is 3.08. The zero-order valence-corrected chi connectivity index (χ0v) is 15.3. The Bertz CT molecular complexity index is 667. The van der Waals surface area contributed by atoms with E-state index in [1.54, 1.807) is 0 Å². The van der Waals surface area contributed by atoms with Crippen LogP contribution >= 0.6 is 11.3 Å². The third kappa shape index (κ3) is 3.87. The first-order chi connectivity index (χ1) is 11.7. The third-order valence-electron chi connectivity index (χ3n) is 4.86. The molecule has 0 radical (unpaired) electrons. The predicted octanol–water partition coefficient (Wildman–Crippen LogP) is 4.15. The van der Waals surface area contributed by atoms with E-state index in [2.05, 4.69) is 40.7 Å². The first kappa shape index (κ1) is 17.2. The van der Waals surface area contributed by atoms with Crippen LogP contribution in [0.15, 0.2) is 41.8 Å². The van der Waals surface area contributed by atoms with E-state index in [4.69, 9.17) is 0 Å². The monoisotopic (exact) mass is 342 g/mol. The summed E-state index contributed by atoms with van der Waals surface area (Å²) in [7, 11) is 0. The summed E-state index contributed by atoms with van der Waals surface area (Å²) < 4.78 is 0. The maximum absolute atomic E-state index is 12.8. The van der Waals surface area contributed by atoms with E-state index >= 15 is 0 Å². The number of nitrogens with one attached hydrogen (secondary N) is 1. The van der Waals surface area contributed by atoms with Gasteiger partial charge in [0, 0.05) is 18.0 Å². The van der Waals surface area contributed by atoms with Gasteiger partial charge in [-0.1, -0.05) is 43.7 Å². The van der Waals surface area contributed by atoms with E-state index in [0.717, 1.165) is 32.4 Å². The van der Waals surface area contributed by atoms with Crippen molar-refractivity contribution in [2.75, 3.05) is 6.54 Å². The molecule has 24 heavy (non-hydrogen) atoms. The highest BCUT2D eigenvalue weighted by atomic mass is 32.1. The van der Waals surface area contributed by atoms with Crippen molar-refractivity contribution < 1.29 is 4.79 Å². The van der Waals surface area contributed by atoms with Crippen LogP contribution in [0, 0.1) is 0 Å². The Morgan fingerprint density at radius 2 is 2.08 bits per heavy atom. The normalized spacial score (nSPS) is 17.1. The lowest BCUT2D eigenvalue weighted by Crippen LogP contribution is -2.47. The lowest BCUT2D eigenvalue weighted by atomic mass is 10.0. The van der Waals surface area contributed by atoms with Crippen molar-refractivity contribution in [1.82, 2.24) is 10.2 Å². The number of carbonyl (C=O) groups excluding carboxylic acids is 1. The molecule has 0 aliphatic carbocycles. The highest BCUT2D eigenvalue weighted by molar-refractivity contribution is 7.10. The molecule has 0 spiro atoms. The van der Waals surface area contributed by atoms with Crippen molar-refractivity contribution in [3.63, 3.8) is 0 Å². The van der Waals surface area contributed by atoms with Crippen molar-refractivity contribution in [3.05, 3.63) is 57.8 Å². The van der Waals surface area contributed by atoms with Gasteiger partial charge in [-0.2, -0.15) is 0 Å². The van der Waals surface area contributed by atoms with Crippen LogP contribution in [-0.2, 0) is 17.8 Å². The summed E-state index contributed by atoms with van der Waals surface area (Å²) in [5.41, 5.74) is 2.58. The number of hydrogen-bond donors (Lipinski definition) is 1. The zero-order chi connectivity index (χ0) is 16.9. The van der Waals surface area contributed by atoms with Gasteiger partial charge in [-0.15, -0.1) is 11.3 Å². The molecule has 128 valence electrons. The second-order valence-electron chi connectivity index (χ2n) is 6.53. The maximum atomic E-state index is 12.8. The van der Waals surface area contributed by atoms with Gasteiger partial charge >= 0.3 is 0 Å². The van der Waals surface area contributed by atoms with Crippen molar-refractivity contribution >= 4 is 17.2 Å². The van der Waals surface area contributed by atoms with E-state index in [1.165, 1.54) is 16.0 Å². The molecule has 0 unspecified atom stereocenters. The summed E-state index contributed by atoms with van der Waals surface area (Å²) in [6.45, 7) is 6.04. The first-order valence-corrected chi connectivity index (χ1v) is 9.71. The van der Waals surface area contributed by atoms with Crippen molar-refractivity contribution in [2.24, 2.45) is 0 Å². The number of benzene rings is 1. The van der Waals surface area contributed by atoms with Gasteiger partial charge in [-0.25, -0.2) is 0 Å². The van der Waals surface area contributed by atoms with Crippen LogP contribution in [0.5, 0.6) is 0 Å². The smallest absolute Gasteiger partial charge is 0.237 e. The minimum atomic E-state index is -0.0962. The Kier molecular flexibility index (Phi) is 5.69. The molecule has 0 saturated carbocycles. The van der Waals surface area contributed by atoms with Crippen LogP contribution in [-0.4, -0.2) is 23.4 Å². The summed E-state index contributed by atoms with van der Waals surface area (Å²) in [5.74, 6) is 0.135. The lowest BCUT2D eigenvalue weighted by molar-refractivity contribution is -0.127. The number of fused-ring (bicyclic) bond motifs is 1. The van der Waals surface area contributed by atoms with Crippen LogP contribution in [0.25, 0.3) is 0 Å². The van der Waals surface area contributed by atoms with E-state index < -0.39 is 0 Å². The van der Waals surface area contributed by atoms with Crippen molar-refractivity contribution in [1.29, 1.82) is 0 Å². The summed E-state index contributed by atoms with van der Waals surface area (Å²) in [6, 6.07) is 12.5. The molecule has 4 heteroatoms. The fourth-order valence-corrected chi connectivity index (χ4v) is 4.24. The fraction of sp³-hybridized carbons (Fsp3) is 0.450.